The van der Waals surface area contributed by atoms with E-state index in [1.807, 2.05) is 0 Å². The summed E-state index contributed by atoms with van der Waals surface area (Å²) in [6.07, 6.45) is 6.61. The molecular weight excluding hydrogens is 272 g/mol. The number of phenolic OH excluding ortho intramolecular Hbond substituents is 2. The van der Waals surface area contributed by atoms with Crippen molar-refractivity contribution in [2.24, 2.45) is 5.92 Å². The molecule has 0 radical (unpaired) electrons. The van der Waals surface area contributed by atoms with E-state index < -0.39 is 5.97 Å². The van der Waals surface area contributed by atoms with Crippen molar-refractivity contribution in [3.05, 3.63) is 29.8 Å². The van der Waals surface area contributed by atoms with Crippen LogP contribution in [0, 0.1) is 5.92 Å². The van der Waals surface area contributed by atoms with Crippen molar-refractivity contribution in [3.8, 4) is 11.5 Å². The van der Waals surface area contributed by atoms with Crippen LogP contribution in [0.1, 0.15) is 31.2 Å². The highest BCUT2D eigenvalue weighted by Crippen LogP contribution is 2.26. The molecule has 0 bridgehead atoms. The Bertz CT molecular complexity index is 550. The van der Waals surface area contributed by atoms with Crippen LogP contribution in [0.3, 0.4) is 0 Å². The Hall–Kier alpha value is -2.30. The van der Waals surface area contributed by atoms with Gasteiger partial charge < -0.3 is 19.7 Å². The largest absolute Gasteiger partial charge is 0.504 e. The third-order valence-electron chi connectivity index (χ3n) is 3.55. The van der Waals surface area contributed by atoms with Crippen LogP contribution < -0.4 is 0 Å². The minimum atomic E-state index is -0.473. The lowest BCUT2D eigenvalue weighted by Crippen LogP contribution is -2.25. The van der Waals surface area contributed by atoms with Crippen molar-refractivity contribution in [2.75, 3.05) is 0 Å². The Labute approximate surface area is 122 Å². The second-order valence-electron chi connectivity index (χ2n) is 5.20. The summed E-state index contributed by atoms with van der Waals surface area (Å²) in [6, 6.07) is 4.26. The van der Waals surface area contributed by atoms with E-state index in [2.05, 4.69) is 0 Å². The predicted octanol–water partition coefficient (Wildman–Crippen LogP) is 2.41. The molecule has 0 saturated heterocycles. The second kappa shape index (κ2) is 6.92. The molecule has 0 heterocycles. The molecule has 1 saturated carbocycles. The third-order valence-corrected chi connectivity index (χ3v) is 3.55. The molecule has 2 atom stereocenters. The zero-order valence-corrected chi connectivity index (χ0v) is 11.6. The number of aldehydes is 1. The van der Waals surface area contributed by atoms with Gasteiger partial charge in [-0.15, -0.1) is 0 Å². The quantitative estimate of drug-likeness (QED) is 0.385. The van der Waals surface area contributed by atoms with E-state index >= 15 is 0 Å². The number of hydrogen-bond donors (Lipinski definition) is 2. The lowest BCUT2D eigenvalue weighted by molar-refractivity contribution is -0.145. The fraction of sp³-hybridized carbons (Fsp3) is 0.375. The molecule has 1 aromatic rings. The van der Waals surface area contributed by atoms with Gasteiger partial charge in [0.05, 0.1) is 0 Å². The van der Waals surface area contributed by atoms with Gasteiger partial charge in [0.1, 0.15) is 12.4 Å². The second-order valence-corrected chi connectivity index (χ2v) is 5.20. The Morgan fingerprint density at radius 3 is 2.76 bits per heavy atom. The van der Waals surface area contributed by atoms with Gasteiger partial charge in [-0.05, 0) is 49.5 Å². The van der Waals surface area contributed by atoms with Crippen LogP contribution in [0.5, 0.6) is 11.5 Å². The highest BCUT2D eigenvalue weighted by atomic mass is 16.5. The fourth-order valence-electron chi connectivity index (χ4n) is 2.42. The number of ether oxygens (including phenoxy) is 1. The number of phenols is 2. The first-order valence-corrected chi connectivity index (χ1v) is 6.94. The van der Waals surface area contributed by atoms with Crippen LogP contribution in [0.15, 0.2) is 24.3 Å². The first-order chi connectivity index (χ1) is 10.1. The Kier molecular flexibility index (Phi) is 4.98. The molecule has 5 heteroatoms. The van der Waals surface area contributed by atoms with E-state index in [1.165, 1.54) is 24.3 Å². The van der Waals surface area contributed by atoms with E-state index in [1.54, 1.807) is 6.07 Å². The predicted molar refractivity (Wildman–Crippen MR) is 76.7 cm³/mol. The SMILES string of the molecule is O=CC1CCCC(OC(=O)/C=C/c2ccc(O)c(O)c2)C1. The van der Waals surface area contributed by atoms with Gasteiger partial charge in [-0.25, -0.2) is 4.79 Å². The Morgan fingerprint density at radius 1 is 1.24 bits per heavy atom. The summed E-state index contributed by atoms with van der Waals surface area (Å²) in [6.45, 7) is 0. The van der Waals surface area contributed by atoms with Crippen molar-refractivity contribution < 1.29 is 24.5 Å². The van der Waals surface area contributed by atoms with Crippen molar-refractivity contribution in [2.45, 2.75) is 31.8 Å². The van der Waals surface area contributed by atoms with E-state index in [9.17, 15) is 19.8 Å². The van der Waals surface area contributed by atoms with Crippen LogP contribution in [0.4, 0.5) is 0 Å². The van der Waals surface area contributed by atoms with Crippen molar-refractivity contribution in [3.63, 3.8) is 0 Å². The van der Waals surface area contributed by atoms with Gasteiger partial charge in [0.25, 0.3) is 0 Å². The molecule has 112 valence electrons. The minimum absolute atomic E-state index is 0.0189. The highest BCUT2D eigenvalue weighted by Gasteiger charge is 2.23. The maximum absolute atomic E-state index is 11.7. The number of carbonyl (C=O) groups excluding carboxylic acids is 2. The average molecular weight is 290 g/mol. The summed E-state index contributed by atoms with van der Waals surface area (Å²) in [5.41, 5.74) is 0.580. The van der Waals surface area contributed by atoms with Crippen LogP contribution in [-0.2, 0) is 14.3 Å². The smallest absolute Gasteiger partial charge is 0.331 e. The first-order valence-electron chi connectivity index (χ1n) is 6.94. The fourth-order valence-corrected chi connectivity index (χ4v) is 2.42. The van der Waals surface area contributed by atoms with Crippen LogP contribution in [0.25, 0.3) is 6.08 Å². The number of aromatic hydroxyl groups is 2. The van der Waals surface area contributed by atoms with Crippen LogP contribution in [0.2, 0.25) is 0 Å². The zero-order chi connectivity index (χ0) is 15.2. The molecule has 1 aliphatic rings. The number of carbonyl (C=O) groups is 2. The molecule has 2 N–H and O–H groups in total. The van der Waals surface area contributed by atoms with E-state index in [-0.39, 0.29) is 23.5 Å². The van der Waals surface area contributed by atoms with Gasteiger partial charge in [-0.2, -0.15) is 0 Å². The molecule has 0 aliphatic heterocycles. The Morgan fingerprint density at radius 2 is 2.05 bits per heavy atom. The normalized spacial score (nSPS) is 22.1. The molecule has 0 aromatic heterocycles. The maximum Gasteiger partial charge on any atom is 0.331 e. The number of benzene rings is 1. The van der Waals surface area contributed by atoms with Gasteiger partial charge in [0.2, 0.25) is 0 Å². The van der Waals surface area contributed by atoms with Crippen LogP contribution in [-0.4, -0.2) is 28.6 Å². The molecule has 5 nitrogen and oxygen atoms in total. The summed E-state index contributed by atoms with van der Waals surface area (Å²) in [5.74, 6) is -0.947. The van der Waals surface area contributed by atoms with Gasteiger partial charge in [0.15, 0.2) is 11.5 Å². The number of esters is 1. The molecule has 0 amide bonds. The topological polar surface area (TPSA) is 83.8 Å². The van der Waals surface area contributed by atoms with Gasteiger partial charge in [-0.1, -0.05) is 6.07 Å². The molecule has 0 spiro atoms. The highest BCUT2D eigenvalue weighted by molar-refractivity contribution is 5.87. The van der Waals surface area contributed by atoms with Gasteiger partial charge >= 0.3 is 5.97 Å². The lowest BCUT2D eigenvalue weighted by atomic mass is 9.88. The van der Waals surface area contributed by atoms with Crippen molar-refractivity contribution in [1.29, 1.82) is 0 Å². The molecule has 21 heavy (non-hydrogen) atoms. The molecule has 1 aromatic carbocycles. The maximum atomic E-state index is 11.7. The molecule has 1 fully saturated rings. The monoisotopic (exact) mass is 290 g/mol. The Balaban J connectivity index is 1.90. The van der Waals surface area contributed by atoms with Crippen LogP contribution >= 0.6 is 0 Å². The summed E-state index contributed by atoms with van der Waals surface area (Å²) in [4.78, 5) is 22.5. The number of rotatable bonds is 4. The summed E-state index contributed by atoms with van der Waals surface area (Å²) in [7, 11) is 0. The molecule has 2 unspecified atom stereocenters. The standard InChI is InChI=1S/C16H18O5/c17-10-12-2-1-3-13(8-12)21-16(20)7-5-11-4-6-14(18)15(19)9-11/h4-7,9-10,12-13,18-19H,1-3,8H2/b7-5+. The summed E-state index contributed by atoms with van der Waals surface area (Å²) in [5, 5.41) is 18.5. The molecule has 1 aliphatic carbocycles. The van der Waals surface area contributed by atoms with E-state index in [0.29, 0.717) is 12.0 Å². The van der Waals surface area contributed by atoms with Crippen molar-refractivity contribution >= 4 is 18.3 Å². The van der Waals surface area contributed by atoms with Gasteiger partial charge in [-0.3, -0.25) is 0 Å². The average Bonchev–Trinajstić information content (AvgIpc) is 2.48. The molecular formula is C16H18O5. The van der Waals surface area contributed by atoms with Gasteiger partial charge in [0, 0.05) is 12.0 Å². The first kappa shape index (κ1) is 15.1. The van der Waals surface area contributed by atoms with E-state index in [4.69, 9.17) is 4.74 Å². The zero-order valence-electron chi connectivity index (χ0n) is 11.6. The van der Waals surface area contributed by atoms with Crippen molar-refractivity contribution in [1.82, 2.24) is 0 Å². The number of hydrogen-bond acceptors (Lipinski definition) is 5. The lowest BCUT2D eigenvalue weighted by Gasteiger charge is -2.25. The molecule has 2 rings (SSSR count). The summed E-state index contributed by atoms with van der Waals surface area (Å²) >= 11 is 0. The summed E-state index contributed by atoms with van der Waals surface area (Å²) < 4.78 is 5.30. The van der Waals surface area contributed by atoms with E-state index in [0.717, 1.165) is 25.5 Å². The minimum Gasteiger partial charge on any atom is -0.504 e. The third kappa shape index (κ3) is 4.34.